The molecule has 1 aromatic heterocycles. The van der Waals surface area contributed by atoms with Gasteiger partial charge in [-0.15, -0.1) is 10.2 Å². The van der Waals surface area contributed by atoms with Crippen molar-refractivity contribution in [2.45, 2.75) is 6.10 Å². The third kappa shape index (κ3) is 1.73. The van der Waals surface area contributed by atoms with Crippen molar-refractivity contribution in [3.8, 4) is 11.5 Å². The van der Waals surface area contributed by atoms with Gasteiger partial charge in [0.05, 0.1) is 5.56 Å². The van der Waals surface area contributed by atoms with Gasteiger partial charge >= 0.3 is 5.97 Å². The first-order chi connectivity index (χ1) is 8.74. The number of carboxylic acid groups (broad SMARTS) is 1. The summed E-state index contributed by atoms with van der Waals surface area (Å²) in [5, 5.41) is 22.3. The van der Waals surface area contributed by atoms with E-state index in [0.29, 0.717) is 17.3 Å². The maximum atomic E-state index is 10.9. The number of tetrazole rings is 1. The minimum absolute atomic E-state index is 0.131. The number of hydrogen-bond acceptors (Lipinski definition) is 6. The predicted octanol–water partition coefficient (Wildman–Crippen LogP) is 0.410. The molecule has 0 spiro atoms. The SMILES string of the molecule is O=C(O)c1ccc2c(c1)OC(c1nn[nH]n1)CO2. The van der Waals surface area contributed by atoms with Crippen LogP contribution in [0.5, 0.6) is 11.5 Å². The summed E-state index contributed by atoms with van der Waals surface area (Å²) in [5.41, 5.74) is 0.131. The Morgan fingerprint density at radius 2 is 2.33 bits per heavy atom. The van der Waals surface area contributed by atoms with Gasteiger partial charge in [0.15, 0.2) is 17.6 Å². The Morgan fingerprint density at radius 3 is 3.06 bits per heavy atom. The minimum Gasteiger partial charge on any atom is -0.485 e. The van der Waals surface area contributed by atoms with Gasteiger partial charge in [-0.25, -0.2) is 4.79 Å². The van der Waals surface area contributed by atoms with Crippen LogP contribution in [0.2, 0.25) is 0 Å². The molecule has 1 aliphatic heterocycles. The van der Waals surface area contributed by atoms with Crippen molar-refractivity contribution in [3.63, 3.8) is 0 Å². The number of carboxylic acids is 1. The van der Waals surface area contributed by atoms with Crippen molar-refractivity contribution in [2.24, 2.45) is 0 Å². The maximum Gasteiger partial charge on any atom is 0.335 e. The summed E-state index contributed by atoms with van der Waals surface area (Å²) in [7, 11) is 0. The minimum atomic E-state index is -1.02. The molecule has 2 heterocycles. The normalized spacial score (nSPS) is 17.4. The summed E-state index contributed by atoms with van der Waals surface area (Å²) in [4.78, 5) is 10.9. The maximum absolute atomic E-state index is 10.9. The van der Waals surface area contributed by atoms with E-state index in [4.69, 9.17) is 14.6 Å². The highest BCUT2D eigenvalue weighted by atomic mass is 16.6. The molecule has 2 N–H and O–H groups in total. The highest BCUT2D eigenvalue weighted by Crippen LogP contribution is 2.36. The number of fused-ring (bicyclic) bond motifs is 1. The van der Waals surface area contributed by atoms with E-state index in [9.17, 15) is 4.79 Å². The fourth-order valence-electron chi connectivity index (χ4n) is 1.64. The van der Waals surface area contributed by atoms with E-state index in [0.717, 1.165) is 0 Å². The summed E-state index contributed by atoms with van der Waals surface area (Å²) in [6.45, 7) is 0.249. The molecule has 0 aliphatic carbocycles. The molecule has 0 bridgehead atoms. The van der Waals surface area contributed by atoms with Gasteiger partial charge in [-0.05, 0) is 18.2 Å². The predicted molar refractivity (Wildman–Crippen MR) is 56.4 cm³/mol. The molecule has 0 radical (unpaired) electrons. The number of aromatic nitrogens is 4. The lowest BCUT2D eigenvalue weighted by atomic mass is 10.2. The summed E-state index contributed by atoms with van der Waals surface area (Å²) in [6.07, 6.45) is -0.500. The molecule has 2 aromatic rings. The molecular weight excluding hydrogens is 240 g/mol. The Balaban J connectivity index is 1.91. The molecule has 92 valence electrons. The highest BCUT2D eigenvalue weighted by molar-refractivity contribution is 5.88. The molecule has 0 amide bonds. The number of nitrogens with zero attached hydrogens (tertiary/aromatic N) is 3. The highest BCUT2D eigenvalue weighted by Gasteiger charge is 2.26. The second-order valence-electron chi connectivity index (χ2n) is 3.65. The zero-order valence-corrected chi connectivity index (χ0v) is 9.03. The molecule has 0 fully saturated rings. The van der Waals surface area contributed by atoms with Crippen molar-refractivity contribution in [3.05, 3.63) is 29.6 Å². The lowest BCUT2D eigenvalue weighted by molar-refractivity contribution is 0.0689. The van der Waals surface area contributed by atoms with Crippen molar-refractivity contribution in [2.75, 3.05) is 6.61 Å². The smallest absolute Gasteiger partial charge is 0.335 e. The number of rotatable bonds is 2. The lowest BCUT2D eigenvalue weighted by Gasteiger charge is -2.24. The largest absolute Gasteiger partial charge is 0.485 e. The van der Waals surface area contributed by atoms with Crippen molar-refractivity contribution in [1.29, 1.82) is 0 Å². The molecule has 8 heteroatoms. The van der Waals surface area contributed by atoms with Crippen molar-refractivity contribution < 1.29 is 19.4 Å². The fraction of sp³-hybridized carbons (Fsp3) is 0.200. The van der Waals surface area contributed by atoms with Crippen LogP contribution in [0, 0.1) is 0 Å². The van der Waals surface area contributed by atoms with Crippen molar-refractivity contribution in [1.82, 2.24) is 20.6 Å². The number of aromatic carboxylic acids is 1. The van der Waals surface area contributed by atoms with E-state index in [1.807, 2.05) is 0 Å². The van der Waals surface area contributed by atoms with Gasteiger partial charge in [-0.1, -0.05) is 5.21 Å². The van der Waals surface area contributed by atoms with Crippen LogP contribution in [0.15, 0.2) is 18.2 Å². The number of ether oxygens (including phenoxy) is 2. The molecular formula is C10H8N4O4. The second kappa shape index (κ2) is 3.99. The molecule has 1 atom stereocenters. The van der Waals surface area contributed by atoms with E-state index in [1.54, 1.807) is 6.07 Å². The fourth-order valence-corrected chi connectivity index (χ4v) is 1.64. The molecule has 1 aliphatic rings. The van der Waals surface area contributed by atoms with Crippen LogP contribution in [0.3, 0.4) is 0 Å². The molecule has 1 unspecified atom stereocenters. The third-order valence-electron chi connectivity index (χ3n) is 2.50. The average molecular weight is 248 g/mol. The van der Waals surface area contributed by atoms with Gasteiger partial charge in [-0.3, -0.25) is 0 Å². The Morgan fingerprint density at radius 1 is 1.44 bits per heavy atom. The quantitative estimate of drug-likeness (QED) is 0.791. The summed E-state index contributed by atoms with van der Waals surface area (Å²) < 4.78 is 11.0. The summed E-state index contributed by atoms with van der Waals surface area (Å²) in [6, 6.07) is 4.42. The summed E-state index contributed by atoms with van der Waals surface area (Å²) in [5.74, 6) is 0.195. The number of benzene rings is 1. The molecule has 8 nitrogen and oxygen atoms in total. The molecule has 18 heavy (non-hydrogen) atoms. The standard InChI is InChI=1S/C10H8N4O4/c15-10(16)5-1-2-6-7(3-5)18-8(4-17-6)9-11-13-14-12-9/h1-3,8H,4H2,(H,15,16)(H,11,12,13,14). The van der Waals surface area contributed by atoms with Crippen LogP contribution in [0.1, 0.15) is 22.3 Å². The number of nitrogens with one attached hydrogen (secondary N) is 1. The Kier molecular flexibility index (Phi) is 2.33. The number of aromatic amines is 1. The lowest BCUT2D eigenvalue weighted by Crippen LogP contribution is -2.23. The zero-order valence-electron chi connectivity index (χ0n) is 9.03. The summed E-state index contributed by atoms with van der Waals surface area (Å²) >= 11 is 0. The van der Waals surface area contributed by atoms with Gasteiger partial charge in [0.2, 0.25) is 5.82 Å². The van der Waals surface area contributed by atoms with E-state index in [-0.39, 0.29) is 12.2 Å². The van der Waals surface area contributed by atoms with Gasteiger partial charge in [0, 0.05) is 0 Å². The molecule has 3 rings (SSSR count). The van der Waals surface area contributed by atoms with E-state index in [2.05, 4.69) is 20.6 Å². The van der Waals surface area contributed by atoms with E-state index >= 15 is 0 Å². The monoisotopic (exact) mass is 248 g/mol. The molecule has 0 saturated carbocycles. The van der Waals surface area contributed by atoms with Gasteiger partial charge in [-0.2, -0.15) is 5.21 Å². The number of carbonyl (C=O) groups is 1. The Bertz CT molecular complexity index is 584. The van der Waals surface area contributed by atoms with E-state index < -0.39 is 12.1 Å². The average Bonchev–Trinajstić information content (AvgIpc) is 2.91. The third-order valence-corrected chi connectivity index (χ3v) is 2.50. The Labute approximate surface area is 101 Å². The van der Waals surface area contributed by atoms with Crippen LogP contribution < -0.4 is 9.47 Å². The second-order valence-corrected chi connectivity index (χ2v) is 3.65. The molecule has 1 aromatic carbocycles. The van der Waals surface area contributed by atoms with E-state index in [1.165, 1.54) is 12.1 Å². The van der Waals surface area contributed by atoms with Crippen LogP contribution in [-0.4, -0.2) is 38.3 Å². The van der Waals surface area contributed by atoms with Gasteiger partial charge in [0.25, 0.3) is 0 Å². The van der Waals surface area contributed by atoms with Crippen LogP contribution in [-0.2, 0) is 0 Å². The first kappa shape index (κ1) is 10.5. The first-order valence-electron chi connectivity index (χ1n) is 5.14. The number of H-pyrrole nitrogens is 1. The zero-order chi connectivity index (χ0) is 12.5. The van der Waals surface area contributed by atoms with Gasteiger partial charge in [0.1, 0.15) is 6.61 Å². The first-order valence-corrected chi connectivity index (χ1v) is 5.14. The molecule has 0 saturated heterocycles. The Hall–Kier alpha value is -2.64. The van der Waals surface area contributed by atoms with Crippen LogP contribution >= 0.6 is 0 Å². The van der Waals surface area contributed by atoms with Crippen LogP contribution in [0.4, 0.5) is 0 Å². The van der Waals surface area contributed by atoms with Crippen molar-refractivity contribution >= 4 is 5.97 Å². The number of hydrogen-bond donors (Lipinski definition) is 2. The van der Waals surface area contributed by atoms with Gasteiger partial charge < -0.3 is 14.6 Å². The topological polar surface area (TPSA) is 110 Å². The van der Waals surface area contributed by atoms with Crippen LogP contribution in [0.25, 0.3) is 0 Å².